The van der Waals surface area contributed by atoms with Crippen molar-refractivity contribution in [3.63, 3.8) is 0 Å². The first-order valence-electron chi connectivity index (χ1n) is 5.03. The van der Waals surface area contributed by atoms with Crippen LogP contribution in [0.1, 0.15) is 0 Å². The molecule has 0 saturated heterocycles. The highest BCUT2D eigenvalue weighted by molar-refractivity contribution is 6.03. The van der Waals surface area contributed by atoms with Crippen molar-refractivity contribution in [2.75, 3.05) is 12.4 Å². The van der Waals surface area contributed by atoms with Crippen molar-refractivity contribution in [1.82, 2.24) is 5.43 Å². The van der Waals surface area contributed by atoms with Gasteiger partial charge in [-0.1, -0.05) is 36.4 Å². The van der Waals surface area contributed by atoms with E-state index in [-0.39, 0.29) is 0 Å². The number of anilines is 1. The number of nitrogens with zero attached hydrogens (tertiary/aromatic N) is 1. The third-order valence-electron chi connectivity index (χ3n) is 2.40. The van der Waals surface area contributed by atoms with Crippen LogP contribution in [-0.2, 0) is 0 Å². The average molecular weight is 214 g/mol. The number of fused-ring (bicyclic) bond motifs is 1. The molecule has 2 rings (SSSR count). The Labute approximate surface area is 94.1 Å². The first-order valence-corrected chi connectivity index (χ1v) is 5.03. The second-order valence-corrected chi connectivity index (χ2v) is 3.37. The minimum Gasteiger partial charge on any atom is -0.325 e. The summed E-state index contributed by atoms with van der Waals surface area (Å²) in [7, 11) is 1.67. The Hall–Kier alpha value is -2.07. The van der Waals surface area contributed by atoms with E-state index in [0.29, 0.717) is 5.96 Å². The smallest absolute Gasteiger partial charge is 0.209 e. The molecular formula is C12H14N4. The number of nitrogens with two attached hydrogens (primary N) is 1. The van der Waals surface area contributed by atoms with Gasteiger partial charge < -0.3 is 5.32 Å². The summed E-state index contributed by atoms with van der Waals surface area (Å²) in [6.45, 7) is 0. The lowest BCUT2D eigenvalue weighted by Crippen LogP contribution is -2.36. The van der Waals surface area contributed by atoms with Gasteiger partial charge in [0.25, 0.3) is 0 Å². The van der Waals surface area contributed by atoms with Crippen molar-refractivity contribution >= 4 is 22.4 Å². The second kappa shape index (κ2) is 4.63. The molecule has 4 nitrogen and oxygen atoms in total. The summed E-state index contributed by atoms with van der Waals surface area (Å²) in [5.41, 5.74) is 3.49. The zero-order valence-electron chi connectivity index (χ0n) is 9.07. The fourth-order valence-electron chi connectivity index (χ4n) is 1.62. The molecule has 0 unspecified atom stereocenters. The molecule has 0 heterocycles. The summed E-state index contributed by atoms with van der Waals surface area (Å²) < 4.78 is 0. The van der Waals surface area contributed by atoms with Crippen molar-refractivity contribution < 1.29 is 0 Å². The van der Waals surface area contributed by atoms with Gasteiger partial charge in [0.05, 0.1) is 0 Å². The normalized spacial score (nSPS) is 11.5. The molecule has 16 heavy (non-hydrogen) atoms. The quantitative estimate of drug-likeness (QED) is 0.293. The Morgan fingerprint density at radius 3 is 2.62 bits per heavy atom. The first kappa shape index (κ1) is 10.4. The number of nitrogens with one attached hydrogen (secondary N) is 2. The van der Waals surface area contributed by atoms with Gasteiger partial charge in [0.15, 0.2) is 0 Å². The number of hydrogen-bond donors (Lipinski definition) is 3. The zero-order valence-corrected chi connectivity index (χ0v) is 9.07. The summed E-state index contributed by atoms with van der Waals surface area (Å²) >= 11 is 0. The Morgan fingerprint density at radius 2 is 1.88 bits per heavy atom. The summed E-state index contributed by atoms with van der Waals surface area (Å²) in [5.74, 6) is 5.87. The number of benzene rings is 2. The van der Waals surface area contributed by atoms with Gasteiger partial charge in [-0.15, -0.1) is 0 Å². The SMILES string of the molecule is CN=C(NN)Nc1cccc2ccccc12. The van der Waals surface area contributed by atoms with Gasteiger partial charge in [-0.05, 0) is 11.5 Å². The molecule has 0 radical (unpaired) electrons. The van der Waals surface area contributed by atoms with E-state index in [9.17, 15) is 0 Å². The third kappa shape index (κ3) is 1.97. The van der Waals surface area contributed by atoms with Gasteiger partial charge >= 0.3 is 0 Å². The maximum Gasteiger partial charge on any atom is 0.209 e. The molecule has 2 aromatic carbocycles. The summed E-state index contributed by atoms with van der Waals surface area (Å²) in [4.78, 5) is 3.98. The number of hydrogen-bond acceptors (Lipinski definition) is 2. The predicted molar refractivity (Wildman–Crippen MR) is 68.3 cm³/mol. The van der Waals surface area contributed by atoms with E-state index in [1.54, 1.807) is 7.05 Å². The molecule has 0 bridgehead atoms. The van der Waals surface area contributed by atoms with Crippen molar-refractivity contribution in [3.05, 3.63) is 42.5 Å². The van der Waals surface area contributed by atoms with Crippen LogP contribution >= 0.6 is 0 Å². The molecule has 0 aliphatic rings. The van der Waals surface area contributed by atoms with E-state index in [1.807, 2.05) is 24.3 Å². The standard InChI is InChI=1S/C12H14N4/c1-14-12(16-13)15-11-8-4-6-9-5-2-3-7-10(9)11/h2-8H,13H2,1H3,(H2,14,15,16). The highest BCUT2D eigenvalue weighted by atomic mass is 15.3. The van der Waals surface area contributed by atoms with Gasteiger partial charge in [0, 0.05) is 18.1 Å². The van der Waals surface area contributed by atoms with Gasteiger partial charge in [0.2, 0.25) is 5.96 Å². The average Bonchev–Trinajstić information content (AvgIpc) is 2.36. The van der Waals surface area contributed by atoms with E-state index in [2.05, 4.69) is 33.9 Å². The van der Waals surface area contributed by atoms with Crippen LogP contribution in [0, 0.1) is 0 Å². The van der Waals surface area contributed by atoms with Crippen LogP contribution in [0.25, 0.3) is 10.8 Å². The molecule has 0 saturated carbocycles. The van der Waals surface area contributed by atoms with Gasteiger partial charge in [-0.2, -0.15) is 0 Å². The summed E-state index contributed by atoms with van der Waals surface area (Å²) in [5, 5.41) is 5.46. The van der Waals surface area contributed by atoms with Crippen molar-refractivity contribution in [2.24, 2.45) is 10.8 Å². The molecular weight excluding hydrogens is 200 g/mol. The Kier molecular flexibility index (Phi) is 3.03. The van der Waals surface area contributed by atoms with Crippen LogP contribution in [0.4, 0.5) is 5.69 Å². The fourth-order valence-corrected chi connectivity index (χ4v) is 1.62. The molecule has 4 heteroatoms. The molecule has 0 aromatic heterocycles. The maximum atomic E-state index is 5.33. The summed E-state index contributed by atoms with van der Waals surface area (Å²) in [6.07, 6.45) is 0. The fraction of sp³-hybridized carbons (Fsp3) is 0.0833. The number of hydrazine groups is 1. The molecule has 2 aromatic rings. The van der Waals surface area contributed by atoms with E-state index >= 15 is 0 Å². The van der Waals surface area contributed by atoms with Gasteiger partial charge in [0.1, 0.15) is 0 Å². The van der Waals surface area contributed by atoms with Crippen LogP contribution in [-0.4, -0.2) is 13.0 Å². The molecule has 0 aliphatic carbocycles. The minimum atomic E-state index is 0.538. The predicted octanol–water partition coefficient (Wildman–Crippen LogP) is 1.70. The Bertz CT molecular complexity index is 514. The highest BCUT2D eigenvalue weighted by Gasteiger charge is 2.01. The summed E-state index contributed by atoms with van der Waals surface area (Å²) in [6, 6.07) is 14.2. The topological polar surface area (TPSA) is 62.4 Å². The van der Waals surface area contributed by atoms with E-state index < -0.39 is 0 Å². The molecule has 0 atom stereocenters. The molecule has 0 amide bonds. The largest absolute Gasteiger partial charge is 0.325 e. The van der Waals surface area contributed by atoms with Gasteiger partial charge in [-0.3, -0.25) is 10.4 Å². The lowest BCUT2D eigenvalue weighted by atomic mass is 10.1. The molecule has 0 spiro atoms. The van der Waals surface area contributed by atoms with Crippen LogP contribution in [0.15, 0.2) is 47.5 Å². The van der Waals surface area contributed by atoms with E-state index in [0.717, 1.165) is 11.1 Å². The number of aliphatic imine (C=N–C) groups is 1. The molecule has 4 N–H and O–H groups in total. The Morgan fingerprint density at radius 1 is 1.12 bits per heavy atom. The van der Waals surface area contributed by atoms with Crippen LogP contribution in [0.3, 0.4) is 0 Å². The molecule has 0 aliphatic heterocycles. The Balaban J connectivity index is 2.44. The van der Waals surface area contributed by atoms with Crippen molar-refractivity contribution in [1.29, 1.82) is 0 Å². The van der Waals surface area contributed by atoms with Crippen LogP contribution in [0.2, 0.25) is 0 Å². The molecule has 82 valence electrons. The zero-order chi connectivity index (χ0) is 11.4. The number of rotatable bonds is 1. The monoisotopic (exact) mass is 214 g/mol. The van der Waals surface area contributed by atoms with Crippen molar-refractivity contribution in [2.45, 2.75) is 0 Å². The first-order chi connectivity index (χ1) is 7.85. The lowest BCUT2D eigenvalue weighted by Gasteiger charge is -2.10. The minimum absolute atomic E-state index is 0.538. The third-order valence-corrected chi connectivity index (χ3v) is 2.40. The van der Waals surface area contributed by atoms with E-state index in [4.69, 9.17) is 5.84 Å². The maximum absolute atomic E-state index is 5.33. The van der Waals surface area contributed by atoms with Gasteiger partial charge in [-0.25, -0.2) is 5.84 Å². The second-order valence-electron chi connectivity index (χ2n) is 3.37. The van der Waals surface area contributed by atoms with Crippen LogP contribution in [0.5, 0.6) is 0 Å². The van der Waals surface area contributed by atoms with Crippen LogP contribution < -0.4 is 16.6 Å². The molecule has 0 fully saturated rings. The number of guanidine groups is 1. The highest BCUT2D eigenvalue weighted by Crippen LogP contribution is 2.22. The van der Waals surface area contributed by atoms with Crippen molar-refractivity contribution in [3.8, 4) is 0 Å². The van der Waals surface area contributed by atoms with E-state index in [1.165, 1.54) is 5.39 Å². The lowest BCUT2D eigenvalue weighted by molar-refractivity contribution is 1.01.